The van der Waals surface area contributed by atoms with Crippen LogP contribution >= 0.6 is 23.1 Å². The summed E-state index contributed by atoms with van der Waals surface area (Å²) in [5.74, 6) is -0.346. The third-order valence-corrected chi connectivity index (χ3v) is 5.26. The van der Waals surface area contributed by atoms with Crippen molar-refractivity contribution >= 4 is 44.4 Å². The highest BCUT2D eigenvalue weighted by molar-refractivity contribution is 8.04. The molecule has 1 unspecified atom stereocenters. The highest BCUT2D eigenvalue weighted by Gasteiger charge is 2.17. The van der Waals surface area contributed by atoms with Gasteiger partial charge in [0.15, 0.2) is 5.13 Å². The Hall–Kier alpha value is -2.36. The number of nitrogens with zero attached hydrogens (tertiary/aromatic N) is 2. The summed E-state index contributed by atoms with van der Waals surface area (Å²) in [6, 6.07) is 15.3. The number of amides is 1. The van der Waals surface area contributed by atoms with Crippen molar-refractivity contribution in [2.75, 3.05) is 5.32 Å². The first kappa shape index (κ1) is 15.5. The van der Waals surface area contributed by atoms with E-state index in [1.807, 2.05) is 55.5 Å². The number of carbonyl (C=O) groups is 1. The highest BCUT2D eigenvalue weighted by atomic mass is 32.2. The predicted octanol–water partition coefficient (Wildman–Crippen LogP) is 4.61. The third kappa shape index (κ3) is 3.36. The summed E-state index contributed by atoms with van der Waals surface area (Å²) < 4.78 is 0.918. The molecule has 0 fully saturated rings. The van der Waals surface area contributed by atoms with Crippen LogP contribution < -0.4 is 5.32 Å². The van der Waals surface area contributed by atoms with Gasteiger partial charge in [-0.25, -0.2) is 4.98 Å². The number of nitrogens with one attached hydrogen (secondary N) is 1. The molecule has 3 aromatic rings. The standard InChI is InChI=1S/C17H13N3OS2/c1-11(12-6-3-2-4-7-12)16(21)20-17-19-13-8-5-9-14(22-10-18)15(13)23-17/h2-9,11H,1H3,(H,19,20,21). The Morgan fingerprint density at radius 2 is 2.04 bits per heavy atom. The van der Waals surface area contributed by atoms with Crippen LogP contribution in [0.3, 0.4) is 0 Å². The molecule has 0 saturated heterocycles. The molecular weight excluding hydrogens is 326 g/mol. The van der Waals surface area contributed by atoms with Crippen molar-refractivity contribution in [3.05, 3.63) is 54.1 Å². The van der Waals surface area contributed by atoms with E-state index >= 15 is 0 Å². The summed E-state index contributed by atoms with van der Waals surface area (Å²) in [6.07, 6.45) is 0. The lowest BCUT2D eigenvalue weighted by atomic mass is 10.0. The molecule has 2 aromatic carbocycles. The fraction of sp³-hybridized carbons (Fsp3) is 0.118. The van der Waals surface area contributed by atoms with E-state index < -0.39 is 0 Å². The summed E-state index contributed by atoms with van der Waals surface area (Å²) in [6.45, 7) is 1.87. The van der Waals surface area contributed by atoms with Crippen LogP contribution in [0.15, 0.2) is 53.4 Å². The summed E-state index contributed by atoms with van der Waals surface area (Å²) in [5, 5.41) is 14.4. The van der Waals surface area contributed by atoms with Crippen molar-refractivity contribution < 1.29 is 4.79 Å². The molecule has 0 radical (unpaired) electrons. The van der Waals surface area contributed by atoms with Gasteiger partial charge in [0.2, 0.25) is 5.91 Å². The number of carbonyl (C=O) groups excluding carboxylic acids is 1. The number of hydrogen-bond donors (Lipinski definition) is 1. The van der Waals surface area contributed by atoms with Crippen LogP contribution in [0.1, 0.15) is 18.4 Å². The van der Waals surface area contributed by atoms with Crippen molar-refractivity contribution in [1.82, 2.24) is 4.98 Å². The van der Waals surface area contributed by atoms with E-state index in [0.717, 1.165) is 32.4 Å². The number of thioether (sulfide) groups is 1. The number of fused-ring (bicyclic) bond motifs is 1. The number of rotatable bonds is 4. The summed E-state index contributed by atoms with van der Waals surface area (Å²) in [4.78, 5) is 17.7. The smallest absolute Gasteiger partial charge is 0.233 e. The maximum atomic E-state index is 12.4. The molecule has 0 spiro atoms. The number of thiazole rings is 1. The number of nitriles is 1. The summed E-state index contributed by atoms with van der Waals surface area (Å²) in [5.41, 5.74) is 1.75. The molecule has 1 N–H and O–H groups in total. The van der Waals surface area contributed by atoms with Gasteiger partial charge in [0.1, 0.15) is 5.40 Å². The molecule has 0 aliphatic carbocycles. The third-order valence-electron chi connectivity index (χ3n) is 3.46. The average Bonchev–Trinajstić information content (AvgIpc) is 2.98. The molecule has 0 bridgehead atoms. The largest absolute Gasteiger partial charge is 0.301 e. The van der Waals surface area contributed by atoms with Crippen LogP contribution in [0, 0.1) is 10.7 Å². The van der Waals surface area contributed by atoms with Gasteiger partial charge in [-0.05, 0) is 36.4 Å². The van der Waals surface area contributed by atoms with Crippen LogP contribution in [0.5, 0.6) is 0 Å². The van der Waals surface area contributed by atoms with Crippen LogP contribution in [-0.2, 0) is 4.79 Å². The van der Waals surface area contributed by atoms with E-state index in [2.05, 4.69) is 15.7 Å². The Morgan fingerprint density at radius 1 is 1.26 bits per heavy atom. The second-order valence-electron chi connectivity index (χ2n) is 4.94. The molecule has 1 heterocycles. The van der Waals surface area contributed by atoms with Gasteiger partial charge in [-0.2, -0.15) is 5.26 Å². The second kappa shape index (κ2) is 6.82. The quantitative estimate of drug-likeness (QED) is 0.557. The molecule has 6 heteroatoms. The topological polar surface area (TPSA) is 65.8 Å². The molecule has 23 heavy (non-hydrogen) atoms. The van der Waals surface area contributed by atoms with Crippen molar-refractivity contribution in [2.45, 2.75) is 17.7 Å². The van der Waals surface area contributed by atoms with E-state index in [9.17, 15) is 4.79 Å². The first-order valence-electron chi connectivity index (χ1n) is 7.00. The van der Waals surface area contributed by atoms with Gasteiger partial charge in [0, 0.05) is 4.90 Å². The minimum atomic E-state index is -0.254. The van der Waals surface area contributed by atoms with Gasteiger partial charge in [0.05, 0.1) is 16.1 Å². The minimum absolute atomic E-state index is 0.0928. The van der Waals surface area contributed by atoms with Crippen LogP contribution in [0.2, 0.25) is 0 Å². The van der Waals surface area contributed by atoms with E-state index in [-0.39, 0.29) is 11.8 Å². The van der Waals surface area contributed by atoms with Gasteiger partial charge in [-0.1, -0.05) is 47.7 Å². The van der Waals surface area contributed by atoms with Crippen LogP contribution in [0.4, 0.5) is 5.13 Å². The maximum Gasteiger partial charge on any atom is 0.233 e. The second-order valence-corrected chi connectivity index (χ2v) is 6.76. The molecule has 0 aliphatic rings. The van der Waals surface area contributed by atoms with Gasteiger partial charge in [-0.15, -0.1) is 0 Å². The lowest BCUT2D eigenvalue weighted by Gasteiger charge is -2.10. The number of hydrogen-bond acceptors (Lipinski definition) is 5. The van der Waals surface area contributed by atoms with E-state index in [1.54, 1.807) is 0 Å². The Kier molecular flexibility index (Phi) is 4.60. The lowest BCUT2D eigenvalue weighted by molar-refractivity contribution is -0.117. The molecular formula is C17H13N3OS2. The van der Waals surface area contributed by atoms with Crippen molar-refractivity contribution in [3.63, 3.8) is 0 Å². The SMILES string of the molecule is CC(C(=O)Nc1nc2cccc(SC#N)c2s1)c1ccccc1. The Bertz CT molecular complexity index is 884. The molecule has 0 aliphatic heterocycles. The molecule has 1 aromatic heterocycles. The summed E-state index contributed by atoms with van der Waals surface area (Å²) in [7, 11) is 0. The lowest BCUT2D eigenvalue weighted by Crippen LogP contribution is -2.18. The zero-order valence-electron chi connectivity index (χ0n) is 12.3. The number of anilines is 1. The molecule has 1 atom stereocenters. The first-order chi connectivity index (χ1) is 11.2. The zero-order chi connectivity index (χ0) is 16.2. The number of benzene rings is 2. The van der Waals surface area contributed by atoms with E-state index in [4.69, 9.17) is 5.26 Å². The van der Waals surface area contributed by atoms with Gasteiger partial charge in [0.25, 0.3) is 0 Å². The van der Waals surface area contributed by atoms with E-state index in [1.165, 1.54) is 11.3 Å². The van der Waals surface area contributed by atoms with Crippen molar-refractivity contribution in [3.8, 4) is 5.40 Å². The molecule has 0 saturated carbocycles. The fourth-order valence-electron chi connectivity index (χ4n) is 2.21. The Labute approximate surface area is 142 Å². The Balaban J connectivity index is 1.83. The molecule has 4 nitrogen and oxygen atoms in total. The molecule has 1 amide bonds. The number of aromatic nitrogens is 1. The molecule has 114 valence electrons. The Morgan fingerprint density at radius 3 is 2.78 bits per heavy atom. The zero-order valence-corrected chi connectivity index (χ0v) is 13.9. The van der Waals surface area contributed by atoms with Crippen molar-refractivity contribution in [1.29, 1.82) is 5.26 Å². The fourth-order valence-corrected chi connectivity index (χ4v) is 3.78. The van der Waals surface area contributed by atoms with Gasteiger partial charge >= 0.3 is 0 Å². The number of thiocyanates is 1. The normalized spacial score (nSPS) is 11.8. The minimum Gasteiger partial charge on any atom is -0.301 e. The van der Waals surface area contributed by atoms with Crippen LogP contribution in [-0.4, -0.2) is 10.9 Å². The highest BCUT2D eigenvalue weighted by Crippen LogP contribution is 2.34. The monoisotopic (exact) mass is 339 g/mol. The summed E-state index contributed by atoms with van der Waals surface area (Å²) >= 11 is 2.49. The van der Waals surface area contributed by atoms with Crippen LogP contribution in [0.25, 0.3) is 10.2 Å². The average molecular weight is 339 g/mol. The van der Waals surface area contributed by atoms with Gasteiger partial charge < -0.3 is 5.32 Å². The first-order valence-corrected chi connectivity index (χ1v) is 8.63. The maximum absolute atomic E-state index is 12.4. The predicted molar refractivity (Wildman–Crippen MR) is 94.6 cm³/mol. The molecule has 3 rings (SSSR count). The van der Waals surface area contributed by atoms with Gasteiger partial charge in [-0.3, -0.25) is 4.79 Å². The van der Waals surface area contributed by atoms with E-state index in [0.29, 0.717) is 5.13 Å². The van der Waals surface area contributed by atoms with Crippen molar-refractivity contribution in [2.24, 2.45) is 0 Å².